The molecular formula is C13H14FNO. The fourth-order valence-electron chi connectivity index (χ4n) is 1.74. The molecule has 0 saturated heterocycles. The summed E-state index contributed by atoms with van der Waals surface area (Å²) < 4.78 is 18.5. The van der Waals surface area contributed by atoms with Gasteiger partial charge in [0.2, 0.25) is 0 Å². The topological polar surface area (TPSA) is 25.2 Å². The van der Waals surface area contributed by atoms with Gasteiger partial charge in [-0.3, -0.25) is 0 Å². The number of halogens is 1. The fraction of sp³-hybridized carbons (Fsp3) is 0.231. The zero-order chi connectivity index (χ0) is 11.4. The molecule has 0 aliphatic carbocycles. The summed E-state index contributed by atoms with van der Waals surface area (Å²) >= 11 is 0. The molecular weight excluding hydrogens is 205 g/mol. The van der Waals surface area contributed by atoms with Crippen molar-refractivity contribution in [2.75, 3.05) is 7.05 Å². The molecule has 1 N–H and O–H groups in total. The highest BCUT2D eigenvalue weighted by Crippen LogP contribution is 2.19. The molecule has 0 aliphatic rings. The molecule has 0 radical (unpaired) electrons. The highest BCUT2D eigenvalue weighted by Gasteiger charge is 2.13. The van der Waals surface area contributed by atoms with Gasteiger partial charge in [0.15, 0.2) is 0 Å². The molecule has 16 heavy (non-hydrogen) atoms. The predicted octanol–water partition coefficient (Wildman–Crippen LogP) is 2.92. The van der Waals surface area contributed by atoms with Gasteiger partial charge in [0, 0.05) is 11.6 Å². The minimum Gasteiger partial charge on any atom is -0.472 e. The molecule has 1 heterocycles. The van der Waals surface area contributed by atoms with Crippen molar-refractivity contribution in [2.24, 2.45) is 0 Å². The summed E-state index contributed by atoms with van der Waals surface area (Å²) in [6, 6.07) is 8.81. The quantitative estimate of drug-likeness (QED) is 0.855. The van der Waals surface area contributed by atoms with Gasteiger partial charge in [-0.1, -0.05) is 18.2 Å². The van der Waals surface area contributed by atoms with Crippen LogP contribution in [0.2, 0.25) is 0 Å². The summed E-state index contributed by atoms with van der Waals surface area (Å²) in [7, 11) is 1.86. The zero-order valence-corrected chi connectivity index (χ0v) is 9.11. The van der Waals surface area contributed by atoms with Crippen LogP contribution in [0.5, 0.6) is 0 Å². The van der Waals surface area contributed by atoms with Gasteiger partial charge in [-0.05, 0) is 31.2 Å². The van der Waals surface area contributed by atoms with Crippen LogP contribution in [0.15, 0.2) is 47.3 Å². The van der Waals surface area contributed by atoms with Crippen LogP contribution in [-0.2, 0) is 6.42 Å². The van der Waals surface area contributed by atoms with E-state index in [1.54, 1.807) is 24.7 Å². The number of rotatable bonds is 4. The molecule has 0 aliphatic heterocycles. The Kier molecular flexibility index (Phi) is 3.37. The van der Waals surface area contributed by atoms with Gasteiger partial charge in [0.25, 0.3) is 0 Å². The van der Waals surface area contributed by atoms with Crippen LogP contribution < -0.4 is 5.32 Å². The van der Waals surface area contributed by atoms with Crippen molar-refractivity contribution in [1.29, 1.82) is 0 Å². The molecule has 1 aromatic heterocycles. The van der Waals surface area contributed by atoms with E-state index in [-0.39, 0.29) is 11.9 Å². The van der Waals surface area contributed by atoms with Crippen LogP contribution in [0.1, 0.15) is 17.2 Å². The minimum absolute atomic E-state index is 0.0793. The van der Waals surface area contributed by atoms with Crippen molar-refractivity contribution in [2.45, 2.75) is 12.5 Å². The summed E-state index contributed by atoms with van der Waals surface area (Å²) in [6.07, 6.45) is 3.92. The first-order valence-electron chi connectivity index (χ1n) is 5.24. The molecule has 2 nitrogen and oxygen atoms in total. The Hall–Kier alpha value is -1.61. The van der Waals surface area contributed by atoms with E-state index < -0.39 is 0 Å². The molecule has 0 spiro atoms. The monoisotopic (exact) mass is 219 g/mol. The molecule has 0 saturated carbocycles. The molecule has 84 valence electrons. The second-order valence-electron chi connectivity index (χ2n) is 3.69. The first-order chi connectivity index (χ1) is 7.81. The van der Waals surface area contributed by atoms with Crippen LogP contribution in [0.4, 0.5) is 4.39 Å². The second kappa shape index (κ2) is 4.94. The summed E-state index contributed by atoms with van der Waals surface area (Å²) in [5, 5.41) is 3.15. The Morgan fingerprint density at radius 1 is 1.31 bits per heavy atom. The van der Waals surface area contributed by atoms with Gasteiger partial charge in [0.05, 0.1) is 12.5 Å². The molecule has 2 rings (SSSR count). The van der Waals surface area contributed by atoms with E-state index >= 15 is 0 Å². The maximum atomic E-state index is 13.5. The van der Waals surface area contributed by atoms with E-state index in [1.165, 1.54) is 6.07 Å². The largest absolute Gasteiger partial charge is 0.472 e. The van der Waals surface area contributed by atoms with Crippen LogP contribution >= 0.6 is 0 Å². The predicted molar refractivity (Wildman–Crippen MR) is 60.6 cm³/mol. The maximum absolute atomic E-state index is 13.5. The second-order valence-corrected chi connectivity index (χ2v) is 3.69. The van der Waals surface area contributed by atoms with E-state index in [0.29, 0.717) is 12.0 Å². The average molecular weight is 219 g/mol. The molecule has 2 aromatic rings. The smallest absolute Gasteiger partial charge is 0.126 e. The number of hydrogen-bond acceptors (Lipinski definition) is 2. The number of furan rings is 1. The normalized spacial score (nSPS) is 12.6. The van der Waals surface area contributed by atoms with Crippen molar-refractivity contribution in [1.82, 2.24) is 5.32 Å². The molecule has 0 fully saturated rings. The molecule has 1 unspecified atom stereocenters. The molecule has 1 aromatic carbocycles. The Morgan fingerprint density at radius 2 is 2.12 bits per heavy atom. The van der Waals surface area contributed by atoms with E-state index in [1.807, 2.05) is 19.2 Å². The first kappa shape index (κ1) is 10.9. The van der Waals surface area contributed by atoms with Crippen LogP contribution in [0, 0.1) is 5.82 Å². The Balaban J connectivity index is 2.17. The Bertz CT molecular complexity index is 439. The number of benzene rings is 1. The third-order valence-electron chi connectivity index (χ3n) is 2.68. The molecule has 1 atom stereocenters. The van der Waals surface area contributed by atoms with Crippen molar-refractivity contribution in [3.63, 3.8) is 0 Å². The van der Waals surface area contributed by atoms with Crippen LogP contribution in [0.25, 0.3) is 0 Å². The van der Waals surface area contributed by atoms with Gasteiger partial charge < -0.3 is 9.73 Å². The fourth-order valence-corrected chi connectivity index (χ4v) is 1.74. The van der Waals surface area contributed by atoms with Crippen LogP contribution in [0.3, 0.4) is 0 Å². The van der Waals surface area contributed by atoms with Crippen molar-refractivity contribution >= 4 is 0 Å². The minimum atomic E-state index is -0.161. The van der Waals surface area contributed by atoms with E-state index in [0.717, 1.165) is 5.56 Å². The highest BCUT2D eigenvalue weighted by atomic mass is 19.1. The Labute approximate surface area is 94.1 Å². The molecule has 3 heteroatoms. The lowest BCUT2D eigenvalue weighted by atomic mass is 10.0. The lowest BCUT2D eigenvalue weighted by Gasteiger charge is -2.14. The third-order valence-corrected chi connectivity index (χ3v) is 2.68. The van der Waals surface area contributed by atoms with Gasteiger partial charge in [-0.25, -0.2) is 4.39 Å². The summed E-state index contributed by atoms with van der Waals surface area (Å²) in [4.78, 5) is 0. The van der Waals surface area contributed by atoms with Crippen molar-refractivity contribution in [3.8, 4) is 0 Å². The van der Waals surface area contributed by atoms with Gasteiger partial charge in [-0.15, -0.1) is 0 Å². The summed E-state index contributed by atoms with van der Waals surface area (Å²) in [5.41, 5.74) is 1.74. The van der Waals surface area contributed by atoms with Crippen molar-refractivity contribution in [3.05, 3.63) is 59.8 Å². The standard InChI is InChI=1S/C13H14FNO/c1-15-13(11-6-7-16-9-11)8-10-4-2-3-5-12(10)14/h2-7,9,13,15H,8H2,1H3. The average Bonchev–Trinajstić information content (AvgIpc) is 2.81. The summed E-state index contributed by atoms with van der Waals surface area (Å²) in [5.74, 6) is -0.161. The van der Waals surface area contributed by atoms with Gasteiger partial charge in [-0.2, -0.15) is 0 Å². The Morgan fingerprint density at radius 3 is 2.75 bits per heavy atom. The van der Waals surface area contributed by atoms with Gasteiger partial charge in [0.1, 0.15) is 5.82 Å². The SMILES string of the molecule is CNC(Cc1ccccc1F)c1ccoc1. The van der Waals surface area contributed by atoms with E-state index in [4.69, 9.17) is 4.42 Å². The molecule has 0 amide bonds. The summed E-state index contributed by atoms with van der Waals surface area (Å²) in [6.45, 7) is 0. The lowest BCUT2D eigenvalue weighted by molar-refractivity contribution is 0.531. The van der Waals surface area contributed by atoms with Crippen LogP contribution in [-0.4, -0.2) is 7.05 Å². The van der Waals surface area contributed by atoms with Gasteiger partial charge >= 0.3 is 0 Å². The molecule has 0 bridgehead atoms. The highest BCUT2D eigenvalue weighted by molar-refractivity contribution is 5.22. The number of nitrogens with one attached hydrogen (secondary N) is 1. The lowest BCUT2D eigenvalue weighted by Crippen LogP contribution is -2.18. The zero-order valence-electron chi connectivity index (χ0n) is 9.11. The number of hydrogen-bond donors (Lipinski definition) is 1. The third kappa shape index (κ3) is 2.31. The van der Waals surface area contributed by atoms with E-state index in [2.05, 4.69) is 5.32 Å². The van der Waals surface area contributed by atoms with Crippen molar-refractivity contribution < 1.29 is 8.81 Å². The number of likely N-dealkylation sites (N-methyl/N-ethyl adjacent to an activating group) is 1. The maximum Gasteiger partial charge on any atom is 0.126 e. The van der Waals surface area contributed by atoms with E-state index in [9.17, 15) is 4.39 Å². The first-order valence-corrected chi connectivity index (χ1v) is 5.24.